The zero-order chi connectivity index (χ0) is 25.9. The molecule has 8 heteroatoms. The second-order valence-electron chi connectivity index (χ2n) is 9.65. The van der Waals surface area contributed by atoms with Crippen LogP contribution in [0.25, 0.3) is 16.9 Å². The van der Waals surface area contributed by atoms with Crippen LogP contribution >= 0.6 is 0 Å². The summed E-state index contributed by atoms with van der Waals surface area (Å²) in [6, 6.07) is 28.7. The molecule has 2 aromatic heterocycles. The van der Waals surface area contributed by atoms with Crippen molar-refractivity contribution >= 4 is 22.9 Å². The predicted octanol–water partition coefficient (Wildman–Crippen LogP) is 4.39. The summed E-state index contributed by atoms with van der Waals surface area (Å²) < 4.78 is 1.74. The van der Waals surface area contributed by atoms with Crippen molar-refractivity contribution in [3.8, 4) is 5.69 Å². The fourth-order valence-electron chi connectivity index (χ4n) is 5.10. The van der Waals surface area contributed by atoms with Crippen molar-refractivity contribution in [3.05, 3.63) is 108 Å². The second-order valence-corrected chi connectivity index (χ2v) is 9.65. The number of anilines is 1. The molecule has 6 rings (SSSR count). The van der Waals surface area contributed by atoms with E-state index in [-0.39, 0.29) is 11.8 Å². The number of carbonyl (C=O) groups excluding carboxylic acids is 1. The molecule has 3 aromatic carbocycles. The Morgan fingerprint density at radius 2 is 1.45 bits per heavy atom. The van der Waals surface area contributed by atoms with Gasteiger partial charge in [0.2, 0.25) is 5.91 Å². The largest absolute Gasteiger partial charge is 0.351 e. The molecule has 0 atom stereocenters. The molecule has 0 saturated carbocycles. The van der Waals surface area contributed by atoms with E-state index < -0.39 is 0 Å². The number of benzene rings is 3. The van der Waals surface area contributed by atoms with Crippen LogP contribution in [0.15, 0.2) is 91.3 Å². The summed E-state index contributed by atoms with van der Waals surface area (Å²) >= 11 is 0. The summed E-state index contributed by atoms with van der Waals surface area (Å²) in [7, 11) is 0. The Morgan fingerprint density at radius 1 is 0.816 bits per heavy atom. The van der Waals surface area contributed by atoms with Gasteiger partial charge in [-0.25, -0.2) is 9.97 Å². The molecule has 190 valence electrons. The van der Waals surface area contributed by atoms with Gasteiger partial charge in [0.15, 0.2) is 17.0 Å². The number of rotatable bonds is 6. The molecule has 0 spiro atoms. The van der Waals surface area contributed by atoms with E-state index in [1.807, 2.05) is 65.6 Å². The monoisotopic (exact) mass is 503 g/mol. The molecule has 0 N–H and O–H groups in total. The lowest BCUT2D eigenvalue weighted by Gasteiger charge is -2.36. The zero-order valence-corrected chi connectivity index (χ0v) is 21.3. The highest BCUT2D eigenvalue weighted by molar-refractivity contribution is 5.84. The average molecular weight is 504 g/mol. The van der Waals surface area contributed by atoms with E-state index in [9.17, 15) is 4.79 Å². The maximum Gasteiger partial charge on any atom is 0.223 e. The van der Waals surface area contributed by atoms with E-state index in [1.165, 1.54) is 5.56 Å². The Hall–Kier alpha value is -4.59. The van der Waals surface area contributed by atoms with E-state index in [0.29, 0.717) is 43.8 Å². The summed E-state index contributed by atoms with van der Waals surface area (Å²) in [6.07, 6.45) is 2.00. The van der Waals surface area contributed by atoms with Crippen LogP contribution in [0.2, 0.25) is 0 Å². The summed E-state index contributed by atoms with van der Waals surface area (Å²) in [5, 5.41) is 8.78. The van der Waals surface area contributed by atoms with Crippen molar-refractivity contribution in [3.63, 3.8) is 0 Å². The fraction of sp³-hybridized carbons (Fsp3) is 0.233. The normalized spacial score (nSPS) is 13.8. The molecule has 0 bridgehead atoms. The van der Waals surface area contributed by atoms with Crippen LogP contribution in [0.5, 0.6) is 0 Å². The first-order chi connectivity index (χ1) is 18.7. The van der Waals surface area contributed by atoms with Crippen LogP contribution in [0.3, 0.4) is 0 Å². The van der Waals surface area contributed by atoms with Gasteiger partial charge in [0.05, 0.1) is 5.69 Å². The average Bonchev–Trinajstić information content (AvgIpc) is 3.42. The van der Waals surface area contributed by atoms with Crippen LogP contribution in [0.4, 0.5) is 5.82 Å². The molecule has 1 amide bonds. The quantitative estimate of drug-likeness (QED) is 0.342. The minimum atomic E-state index is 0.0289. The Morgan fingerprint density at radius 3 is 2.08 bits per heavy atom. The van der Waals surface area contributed by atoms with Crippen LogP contribution < -0.4 is 4.90 Å². The third-order valence-corrected chi connectivity index (χ3v) is 7.21. The smallest absolute Gasteiger partial charge is 0.223 e. The highest BCUT2D eigenvalue weighted by atomic mass is 16.2. The molecule has 0 radical (unpaired) electrons. The van der Waals surface area contributed by atoms with Gasteiger partial charge in [-0.3, -0.25) is 4.79 Å². The predicted molar refractivity (Wildman–Crippen MR) is 147 cm³/mol. The maximum absolute atomic E-state index is 13.5. The molecular weight excluding hydrogens is 474 g/mol. The molecule has 38 heavy (non-hydrogen) atoms. The second kappa shape index (κ2) is 10.4. The van der Waals surface area contributed by atoms with Gasteiger partial charge in [0.1, 0.15) is 6.33 Å². The lowest BCUT2D eigenvalue weighted by atomic mass is 9.88. The summed E-state index contributed by atoms with van der Waals surface area (Å²) in [5.41, 5.74) is 5.74. The molecule has 1 saturated heterocycles. The Kier molecular flexibility index (Phi) is 6.52. The minimum Gasteiger partial charge on any atom is -0.351 e. The van der Waals surface area contributed by atoms with Crippen molar-refractivity contribution in [1.29, 1.82) is 0 Å². The molecule has 1 aliphatic rings. The SMILES string of the molecule is Cc1ccc(-n2nnc3c(N4CCN(C(=O)CC(c5ccccc5)c5ccccc5)CC4)ncnc32)cc1. The minimum absolute atomic E-state index is 0.0289. The van der Waals surface area contributed by atoms with Gasteiger partial charge in [-0.05, 0) is 30.2 Å². The first kappa shape index (κ1) is 23.8. The van der Waals surface area contributed by atoms with Gasteiger partial charge in [-0.2, -0.15) is 4.68 Å². The number of aromatic nitrogens is 5. The van der Waals surface area contributed by atoms with E-state index in [1.54, 1.807) is 11.0 Å². The van der Waals surface area contributed by atoms with Crippen LogP contribution in [0, 0.1) is 6.92 Å². The highest BCUT2D eigenvalue weighted by Gasteiger charge is 2.27. The summed E-state index contributed by atoms with van der Waals surface area (Å²) in [6.45, 7) is 4.67. The Balaban J connectivity index is 1.17. The molecule has 1 fully saturated rings. The lowest BCUT2D eigenvalue weighted by molar-refractivity contribution is -0.131. The molecule has 8 nitrogen and oxygen atoms in total. The first-order valence-electron chi connectivity index (χ1n) is 12.9. The number of carbonyl (C=O) groups is 1. The van der Waals surface area contributed by atoms with Crippen LogP contribution in [-0.4, -0.2) is 61.9 Å². The fourth-order valence-corrected chi connectivity index (χ4v) is 5.10. The van der Waals surface area contributed by atoms with Crippen molar-refractivity contribution in [2.75, 3.05) is 31.1 Å². The van der Waals surface area contributed by atoms with Gasteiger partial charge in [0.25, 0.3) is 0 Å². The summed E-state index contributed by atoms with van der Waals surface area (Å²) in [5.74, 6) is 0.952. The number of nitrogens with zero attached hydrogens (tertiary/aromatic N) is 7. The maximum atomic E-state index is 13.5. The van der Waals surface area contributed by atoms with Gasteiger partial charge < -0.3 is 9.80 Å². The van der Waals surface area contributed by atoms with Crippen LogP contribution in [-0.2, 0) is 4.79 Å². The van der Waals surface area contributed by atoms with Gasteiger partial charge >= 0.3 is 0 Å². The van der Waals surface area contributed by atoms with Gasteiger partial charge in [-0.1, -0.05) is 83.6 Å². The number of fused-ring (bicyclic) bond motifs is 1. The Labute approximate surface area is 221 Å². The van der Waals surface area contributed by atoms with Crippen molar-refractivity contribution in [2.24, 2.45) is 0 Å². The van der Waals surface area contributed by atoms with E-state index in [2.05, 4.69) is 56.4 Å². The number of hydrogen-bond acceptors (Lipinski definition) is 6. The summed E-state index contributed by atoms with van der Waals surface area (Å²) in [4.78, 5) is 26.6. The van der Waals surface area contributed by atoms with Gasteiger partial charge in [0, 0.05) is 38.5 Å². The van der Waals surface area contributed by atoms with E-state index in [0.717, 1.165) is 22.6 Å². The van der Waals surface area contributed by atoms with E-state index in [4.69, 9.17) is 0 Å². The molecule has 0 unspecified atom stereocenters. The molecule has 5 aromatic rings. The number of aryl methyl sites for hydroxylation is 1. The van der Waals surface area contributed by atoms with E-state index >= 15 is 0 Å². The highest BCUT2D eigenvalue weighted by Crippen LogP contribution is 2.29. The van der Waals surface area contributed by atoms with Crippen molar-refractivity contribution < 1.29 is 4.79 Å². The topological polar surface area (TPSA) is 80.0 Å². The molecule has 1 aliphatic heterocycles. The van der Waals surface area contributed by atoms with Gasteiger partial charge in [-0.15, -0.1) is 5.10 Å². The molecule has 3 heterocycles. The standard InChI is InChI=1S/C30H29N7O/c1-22-12-14-25(15-13-22)37-30-28(33-34-37)29(31-21-32-30)36-18-16-35(17-19-36)27(38)20-26(23-8-4-2-5-9-23)24-10-6-3-7-11-24/h2-15,21,26H,16-20H2,1H3. The first-order valence-corrected chi connectivity index (χ1v) is 12.9. The molecular formula is C30H29N7O. The number of hydrogen-bond donors (Lipinski definition) is 0. The lowest BCUT2D eigenvalue weighted by Crippen LogP contribution is -2.49. The molecule has 0 aliphatic carbocycles. The van der Waals surface area contributed by atoms with Crippen LogP contribution in [0.1, 0.15) is 29.0 Å². The number of piperazine rings is 1. The number of amides is 1. The third-order valence-electron chi connectivity index (χ3n) is 7.21. The zero-order valence-electron chi connectivity index (χ0n) is 21.3. The van der Waals surface area contributed by atoms with Crippen molar-refractivity contribution in [2.45, 2.75) is 19.3 Å². The third kappa shape index (κ3) is 4.72. The Bertz CT molecular complexity index is 1490. The van der Waals surface area contributed by atoms with Crippen molar-refractivity contribution in [1.82, 2.24) is 29.9 Å².